The molecule has 1 heterocycles. The third-order valence-corrected chi connectivity index (χ3v) is 6.10. The lowest BCUT2D eigenvalue weighted by Crippen LogP contribution is -2.75. The van der Waals surface area contributed by atoms with Crippen molar-refractivity contribution in [1.29, 1.82) is 0 Å². The number of aliphatic hydroxyl groups is 1. The van der Waals surface area contributed by atoms with Gasteiger partial charge in [0.1, 0.15) is 0 Å². The summed E-state index contributed by atoms with van der Waals surface area (Å²) in [5.41, 5.74) is -2.08. The first-order valence-electron chi connectivity index (χ1n) is 7.53. The molecule has 126 valence electrons. The largest absolute Gasteiger partial charge is 0.394 e. The average molecular weight is 341 g/mol. The van der Waals surface area contributed by atoms with Crippen LogP contribution in [0.3, 0.4) is 0 Å². The average Bonchev–Trinajstić information content (AvgIpc) is 2.89. The fourth-order valence-electron chi connectivity index (χ4n) is 4.73. The lowest BCUT2D eigenvalue weighted by molar-refractivity contribution is -0.370. The van der Waals surface area contributed by atoms with Crippen molar-refractivity contribution in [2.75, 3.05) is 6.61 Å². The molecule has 0 aromatic rings. The molecule has 4 aliphatic carbocycles. The van der Waals surface area contributed by atoms with Crippen LogP contribution in [0.1, 0.15) is 32.1 Å². The van der Waals surface area contributed by atoms with Gasteiger partial charge in [-0.3, -0.25) is 4.79 Å². The minimum atomic E-state index is -4.16. The van der Waals surface area contributed by atoms with Crippen LogP contribution in [0, 0.1) is 16.7 Å². The number of amides is 1. The van der Waals surface area contributed by atoms with E-state index in [0.29, 0.717) is 12.0 Å². The molecule has 22 heavy (non-hydrogen) atoms. The Kier molecular flexibility index (Phi) is 3.52. The predicted molar refractivity (Wildman–Crippen MR) is 74.5 cm³/mol. The summed E-state index contributed by atoms with van der Waals surface area (Å²) in [6, 6.07) is -0.351. The van der Waals surface area contributed by atoms with Crippen LogP contribution < -0.4 is 10.6 Å². The Hall–Kier alpha value is -0.530. The zero-order chi connectivity index (χ0) is 15.0. The fraction of sp³-hybridized carbons (Fsp3) is 0.929. The highest BCUT2D eigenvalue weighted by Crippen LogP contribution is 2.79. The van der Waals surface area contributed by atoms with Gasteiger partial charge in [0, 0.05) is 6.04 Å². The Bertz CT molecular complexity index is 469. The number of alkyl halides is 3. The topological polar surface area (TPSA) is 61.4 Å². The molecule has 1 saturated heterocycles. The van der Waals surface area contributed by atoms with Crippen LogP contribution in [0.4, 0.5) is 13.2 Å². The molecule has 4 saturated carbocycles. The first kappa shape index (κ1) is 16.3. The standard InChI is InChI=1S/C14H19F3N2O2.ClH/c15-14(16,17)13-4-12(5-13,6-13)10(3-20)19-11(21)9-2-7-1-8(7)18-9;/h7-10,18,20H,1-6H2,(H,19,21);1H/t7-,8-,9+,10-,12?,13?;/m1./s1. The summed E-state index contributed by atoms with van der Waals surface area (Å²) in [6.07, 6.45) is -2.12. The summed E-state index contributed by atoms with van der Waals surface area (Å²) in [5.74, 6) is 0.406. The molecule has 8 heteroatoms. The summed E-state index contributed by atoms with van der Waals surface area (Å²) in [7, 11) is 0. The number of hydrogen-bond donors (Lipinski definition) is 3. The van der Waals surface area contributed by atoms with Crippen molar-refractivity contribution in [2.45, 2.75) is 56.4 Å². The van der Waals surface area contributed by atoms with Gasteiger partial charge in [0.05, 0.1) is 24.1 Å². The van der Waals surface area contributed by atoms with Gasteiger partial charge in [-0.2, -0.15) is 13.2 Å². The second kappa shape index (κ2) is 4.74. The van der Waals surface area contributed by atoms with E-state index in [0.717, 1.165) is 12.8 Å². The molecule has 4 atom stereocenters. The number of halogens is 4. The Morgan fingerprint density at radius 2 is 1.95 bits per heavy atom. The highest BCUT2D eigenvalue weighted by atomic mass is 35.5. The van der Waals surface area contributed by atoms with Crippen LogP contribution in [-0.4, -0.2) is 41.9 Å². The van der Waals surface area contributed by atoms with Crippen molar-refractivity contribution >= 4 is 18.3 Å². The minimum absolute atomic E-state index is 0. The van der Waals surface area contributed by atoms with E-state index >= 15 is 0 Å². The van der Waals surface area contributed by atoms with E-state index in [1.807, 2.05) is 0 Å². The van der Waals surface area contributed by atoms with E-state index in [-0.39, 0.29) is 50.2 Å². The first-order chi connectivity index (χ1) is 9.79. The normalized spacial score (nSPS) is 45.7. The van der Waals surface area contributed by atoms with E-state index in [9.17, 15) is 23.1 Å². The van der Waals surface area contributed by atoms with Gasteiger partial charge in [0.2, 0.25) is 5.91 Å². The number of rotatable bonds is 4. The molecule has 5 rings (SSSR count). The van der Waals surface area contributed by atoms with E-state index in [4.69, 9.17) is 0 Å². The van der Waals surface area contributed by atoms with E-state index in [1.165, 1.54) is 0 Å². The zero-order valence-electron chi connectivity index (χ0n) is 11.9. The first-order valence-corrected chi connectivity index (χ1v) is 7.53. The maximum absolute atomic E-state index is 12.9. The van der Waals surface area contributed by atoms with Crippen LogP contribution in [0.25, 0.3) is 0 Å². The van der Waals surface area contributed by atoms with Gasteiger partial charge in [-0.25, -0.2) is 0 Å². The molecule has 2 bridgehead atoms. The monoisotopic (exact) mass is 340 g/mol. The summed E-state index contributed by atoms with van der Waals surface area (Å²) in [5, 5.41) is 15.5. The molecule has 0 unspecified atom stereocenters. The number of hydrogen-bond acceptors (Lipinski definition) is 3. The summed E-state index contributed by atoms with van der Waals surface area (Å²) >= 11 is 0. The van der Waals surface area contributed by atoms with Crippen molar-refractivity contribution in [3.8, 4) is 0 Å². The van der Waals surface area contributed by atoms with Gasteiger partial charge in [-0.1, -0.05) is 0 Å². The van der Waals surface area contributed by atoms with Gasteiger partial charge in [-0.05, 0) is 43.4 Å². The number of aliphatic hydroxyl groups excluding tert-OH is 1. The number of carbonyl (C=O) groups excluding carboxylic acids is 1. The minimum Gasteiger partial charge on any atom is -0.394 e. The van der Waals surface area contributed by atoms with Gasteiger partial charge < -0.3 is 15.7 Å². The van der Waals surface area contributed by atoms with Crippen molar-refractivity contribution in [3.63, 3.8) is 0 Å². The van der Waals surface area contributed by atoms with Crippen LogP contribution in [0.5, 0.6) is 0 Å². The molecular weight excluding hydrogens is 321 g/mol. The van der Waals surface area contributed by atoms with Crippen LogP contribution in [0.15, 0.2) is 0 Å². The van der Waals surface area contributed by atoms with Crippen LogP contribution in [0.2, 0.25) is 0 Å². The Morgan fingerprint density at radius 3 is 2.41 bits per heavy atom. The van der Waals surface area contributed by atoms with Gasteiger partial charge >= 0.3 is 6.18 Å². The molecule has 4 nitrogen and oxygen atoms in total. The number of carbonyl (C=O) groups is 1. The quantitative estimate of drug-likeness (QED) is 0.724. The van der Waals surface area contributed by atoms with E-state index in [2.05, 4.69) is 10.6 Å². The van der Waals surface area contributed by atoms with Crippen molar-refractivity contribution in [2.24, 2.45) is 16.7 Å². The molecule has 3 N–H and O–H groups in total. The van der Waals surface area contributed by atoms with Crippen molar-refractivity contribution in [3.05, 3.63) is 0 Å². The van der Waals surface area contributed by atoms with Gasteiger partial charge in [0.15, 0.2) is 0 Å². The smallest absolute Gasteiger partial charge is 0.394 e. The number of fused-ring (bicyclic) bond motifs is 1. The summed E-state index contributed by atoms with van der Waals surface area (Å²) < 4.78 is 38.6. The maximum Gasteiger partial charge on any atom is 0.394 e. The van der Waals surface area contributed by atoms with Gasteiger partial charge in [-0.15, -0.1) is 12.4 Å². The molecule has 0 aromatic carbocycles. The van der Waals surface area contributed by atoms with E-state index < -0.39 is 23.0 Å². The Balaban J connectivity index is 0.00000144. The second-order valence-electron chi connectivity index (χ2n) is 7.47. The molecular formula is C14H20ClF3N2O2. The van der Waals surface area contributed by atoms with Crippen molar-refractivity contribution in [1.82, 2.24) is 10.6 Å². The zero-order valence-corrected chi connectivity index (χ0v) is 12.8. The predicted octanol–water partition coefficient (Wildman–Crippen LogP) is 1.37. The molecule has 0 spiro atoms. The van der Waals surface area contributed by atoms with Crippen LogP contribution >= 0.6 is 12.4 Å². The SMILES string of the molecule is Cl.O=C(N[C@H](CO)C12CC(C(F)(F)F)(C1)C2)[C@@H]1C[C@H]2C[C@H]2N1. The maximum atomic E-state index is 12.9. The number of piperidine rings is 1. The highest BCUT2D eigenvalue weighted by molar-refractivity contribution is 5.85. The van der Waals surface area contributed by atoms with Crippen LogP contribution in [-0.2, 0) is 4.79 Å². The number of nitrogens with one attached hydrogen (secondary N) is 2. The third-order valence-electron chi connectivity index (χ3n) is 6.10. The lowest BCUT2D eigenvalue weighted by Gasteiger charge is -2.72. The molecule has 0 aromatic heterocycles. The molecule has 1 amide bonds. The fourth-order valence-corrected chi connectivity index (χ4v) is 4.73. The lowest BCUT2D eigenvalue weighted by atomic mass is 9.33. The second-order valence-corrected chi connectivity index (χ2v) is 7.47. The van der Waals surface area contributed by atoms with Gasteiger partial charge in [0.25, 0.3) is 0 Å². The highest BCUT2D eigenvalue weighted by Gasteiger charge is 2.80. The third kappa shape index (κ3) is 2.08. The molecule has 5 fully saturated rings. The summed E-state index contributed by atoms with van der Waals surface area (Å²) in [6.45, 7) is -0.292. The molecule has 0 radical (unpaired) electrons. The van der Waals surface area contributed by atoms with E-state index in [1.54, 1.807) is 0 Å². The summed E-state index contributed by atoms with van der Waals surface area (Å²) in [4.78, 5) is 12.2. The Labute approximate surface area is 132 Å². The molecule has 1 aliphatic heterocycles. The van der Waals surface area contributed by atoms with Crippen molar-refractivity contribution < 1.29 is 23.1 Å². The Morgan fingerprint density at radius 1 is 1.32 bits per heavy atom. The molecule has 5 aliphatic rings.